The number of carbonyl (C=O) groups excluding carboxylic acids is 1. The second-order valence-electron chi connectivity index (χ2n) is 4.94. The number of nitrogens with zero attached hydrogens (tertiary/aromatic N) is 1. The van der Waals surface area contributed by atoms with Crippen LogP contribution in [0.25, 0.3) is 0 Å². The van der Waals surface area contributed by atoms with Gasteiger partial charge >= 0.3 is 0 Å². The molecule has 0 aromatic heterocycles. The molecule has 1 fully saturated rings. The third-order valence-electron chi connectivity index (χ3n) is 3.61. The predicted molar refractivity (Wildman–Crippen MR) is 73.0 cm³/mol. The third kappa shape index (κ3) is 2.44. The van der Waals surface area contributed by atoms with Crippen molar-refractivity contribution in [3.8, 4) is 0 Å². The van der Waals surface area contributed by atoms with E-state index in [0.717, 1.165) is 19.3 Å². The Hall–Kier alpha value is -0.900. The van der Waals surface area contributed by atoms with Crippen molar-refractivity contribution < 1.29 is 9.18 Å². The number of likely N-dealkylation sites (tertiary alicyclic amines) is 1. The molecule has 2 nitrogen and oxygen atoms in total. The van der Waals surface area contributed by atoms with Gasteiger partial charge in [0.15, 0.2) is 0 Å². The average molecular weight is 314 g/mol. The quantitative estimate of drug-likeness (QED) is 0.767. The SMILES string of the molecule is CC1CCCC(C)N1C(=O)c1cccc(Br)c1F. The first-order valence-corrected chi connectivity index (χ1v) is 7.08. The average Bonchev–Trinajstić information content (AvgIpc) is 2.32. The molecule has 4 heteroatoms. The molecule has 0 bridgehead atoms. The van der Waals surface area contributed by atoms with Crippen LogP contribution in [0.3, 0.4) is 0 Å². The molecular formula is C14H17BrFNO. The highest BCUT2D eigenvalue weighted by molar-refractivity contribution is 9.10. The molecule has 0 saturated carbocycles. The summed E-state index contributed by atoms with van der Waals surface area (Å²) in [6, 6.07) is 5.21. The van der Waals surface area contributed by atoms with E-state index in [4.69, 9.17) is 0 Å². The summed E-state index contributed by atoms with van der Waals surface area (Å²) >= 11 is 3.12. The molecule has 98 valence electrons. The van der Waals surface area contributed by atoms with E-state index in [1.165, 1.54) is 0 Å². The van der Waals surface area contributed by atoms with Crippen LogP contribution < -0.4 is 0 Å². The fourth-order valence-corrected chi connectivity index (χ4v) is 3.00. The first-order valence-electron chi connectivity index (χ1n) is 6.29. The number of carbonyl (C=O) groups is 1. The highest BCUT2D eigenvalue weighted by Gasteiger charge is 2.31. The molecule has 0 aliphatic carbocycles. The van der Waals surface area contributed by atoms with Gasteiger partial charge in [-0.2, -0.15) is 0 Å². The standard InChI is InChI=1S/C14H17BrFNO/c1-9-5-3-6-10(2)17(9)14(18)11-7-4-8-12(15)13(11)16/h4,7-10H,3,5-6H2,1-2H3. The summed E-state index contributed by atoms with van der Waals surface area (Å²) in [5.74, 6) is -0.666. The van der Waals surface area contributed by atoms with Crippen LogP contribution in [0, 0.1) is 5.82 Å². The summed E-state index contributed by atoms with van der Waals surface area (Å²) in [5.41, 5.74) is 0.157. The van der Waals surface area contributed by atoms with E-state index in [2.05, 4.69) is 15.9 Å². The van der Waals surface area contributed by atoms with E-state index in [9.17, 15) is 9.18 Å². The maximum absolute atomic E-state index is 14.0. The topological polar surface area (TPSA) is 20.3 Å². The maximum atomic E-state index is 14.0. The number of benzene rings is 1. The summed E-state index contributed by atoms with van der Waals surface area (Å²) in [6.45, 7) is 4.06. The van der Waals surface area contributed by atoms with Gasteiger partial charge in [0.1, 0.15) is 5.82 Å². The largest absolute Gasteiger partial charge is 0.333 e. The van der Waals surface area contributed by atoms with E-state index in [-0.39, 0.29) is 23.6 Å². The van der Waals surface area contributed by atoms with Gasteiger partial charge in [-0.3, -0.25) is 4.79 Å². The Morgan fingerprint density at radius 1 is 1.33 bits per heavy atom. The van der Waals surface area contributed by atoms with E-state index in [1.54, 1.807) is 18.2 Å². The molecular weight excluding hydrogens is 297 g/mol. The molecule has 0 spiro atoms. The van der Waals surface area contributed by atoms with Gasteiger partial charge in [0.05, 0.1) is 10.0 Å². The highest BCUT2D eigenvalue weighted by atomic mass is 79.9. The molecule has 0 N–H and O–H groups in total. The molecule has 2 atom stereocenters. The molecule has 1 heterocycles. The molecule has 1 aliphatic rings. The van der Waals surface area contributed by atoms with Crippen molar-refractivity contribution in [2.24, 2.45) is 0 Å². The minimum Gasteiger partial charge on any atom is -0.333 e. The Bertz CT molecular complexity index is 453. The number of hydrogen-bond acceptors (Lipinski definition) is 1. The van der Waals surface area contributed by atoms with E-state index in [1.807, 2.05) is 18.7 Å². The van der Waals surface area contributed by atoms with Gasteiger partial charge in [0.2, 0.25) is 0 Å². The lowest BCUT2D eigenvalue weighted by Gasteiger charge is -2.39. The Morgan fingerprint density at radius 2 is 1.94 bits per heavy atom. The second-order valence-corrected chi connectivity index (χ2v) is 5.80. The number of piperidine rings is 1. The van der Waals surface area contributed by atoms with Crippen molar-refractivity contribution in [2.75, 3.05) is 0 Å². The molecule has 0 radical (unpaired) electrons. The summed E-state index contributed by atoms with van der Waals surface area (Å²) in [6.07, 6.45) is 3.12. The smallest absolute Gasteiger partial charge is 0.257 e. The van der Waals surface area contributed by atoms with Crippen LogP contribution in [0.15, 0.2) is 22.7 Å². The summed E-state index contributed by atoms with van der Waals surface area (Å²) < 4.78 is 14.3. The van der Waals surface area contributed by atoms with Crippen molar-refractivity contribution in [1.29, 1.82) is 0 Å². The number of hydrogen-bond donors (Lipinski definition) is 0. The normalized spacial score (nSPS) is 24.1. The van der Waals surface area contributed by atoms with Crippen molar-refractivity contribution in [3.05, 3.63) is 34.1 Å². The fraction of sp³-hybridized carbons (Fsp3) is 0.500. The van der Waals surface area contributed by atoms with Gasteiger partial charge in [0.25, 0.3) is 5.91 Å². The Labute approximate surface area is 115 Å². The highest BCUT2D eigenvalue weighted by Crippen LogP contribution is 2.27. The minimum atomic E-state index is -0.465. The minimum absolute atomic E-state index is 0.157. The number of rotatable bonds is 1. The monoisotopic (exact) mass is 313 g/mol. The Morgan fingerprint density at radius 3 is 2.56 bits per heavy atom. The van der Waals surface area contributed by atoms with Crippen LogP contribution in [0.1, 0.15) is 43.5 Å². The van der Waals surface area contributed by atoms with Crippen molar-refractivity contribution in [3.63, 3.8) is 0 Å². The molecule has 2 unspecified atom stereocenters. The van der Waals surface area contributed by atoms with Crippen LogP contribution in [0.4, 0.5) is 4.39 Å². The van der Waals surface area contributed by atoms with E-state index >= 15 is 0 Å². The van der Waals surface area contributed by atoms with Crippen molar-refractivity contribution >= 4 is 21.8 Å². The second kappa shape index (κ2) is 5.39. The summed E-state index contributed by atoms with van der Waals surface area (Å²) in [7, 11) is 0. The van der Waals surface area contributed by atoms with Crippen molar-refractivity contribution in [2.45, 2.75) is 45.2 Å². The molecule has 2 rings (SSSR count). The lowest BCUT2D eigenvalue weighted by Crippen LogP contribution is -2.47. The lowest BCUT2D eigenvalue weighted by molar-refractivity contribution is 0.0506. The fourth-order valence-electron chi connectivity index (χ4n) is 2.63. The zero-order valence-electron chi connectivity index (χ0n) is 10.6. The lowest BCUT2D eigenvalue weighted by atomic mass is 9.96. The Kier molecular flexibility index (Phi) is 4.05. The van der Waals surface area contributed by atoms with Crippen LogP contribution >= 0.6 is 15.9 Å². The predicted octanol–water partition coefficient (Wildman–Crippen LogP) is 3.99. The van der Waals surface area contributed by atoms with Crippen LogP contribution in [0.5, 0.6) is 0 Å². The molecule has 18 heavy (non-hydrogen) atoms. The zero-order valence-corrected chi connectivity index (χ0v) is 12.2. The first-order chi connectivity index (χ1) is 8.52. The molecule has 1 amide bonds. The summed E-state index contributed by atoms with van der Waals surface area (Å²) in [4.78, 5) is 14.3. The van der Waals surface area contributed by atoms with Crippen LogP contribution in [0.2, 0.25) is 0 Å². The van der Waals surface area contributed by atoms with Crippen molar-refractivity contribution in [1.82, 2.24) is 4.90 Å². The number of amides is 1. The zero-order chi connectivity index (χ0) is 13.3. The molecule has 1 saturated heterocycles. The van der Waals surface area contributed by atoms with Gasteiger partial charge in [-0.15, -0.1) is 0 Å². The Balaban J connectivity index is 2.32. The third-order valence-corrected chi connectivity index (χ3v) is 4.22. The number of halogens is 2. The van der Waals surface area contributed by atoms with Crippen LogP contribution in [-0.4, -0.2) is 22.9 Å². The van der Waals surface area contributed by atoms with Gasteiger partial charge in [-0.05, 0) is 61.2 Å². The van der Waals surface area contributed by atoms with Gasteiger partial charge in [0, 0.05) is 12.1 Å². The molecule has 1 aromatic rings. The van der Waals surface area contributed by atoms with Gasteiger partial charge in [-0.25, -0.2) is 4.39 Å². The van der Waals surface area contributed by atoms with E-state index in [0.29, 0.717) is 4.47 Å². The van der Waals surface area contributed by atoms with Gasteiger partial charge in [-0.1, -0.05) is 6.07 Å². The first kappa shape index (κ1) is 13.5. The van der Waals surface area contributed by atoms with E-state index < -0.39 is 5.82 Å². The summed E-state index contributed by atoms with van der Waals surface area (Å²) in [5, 5.41) is 0. The molecule has 1 aliphatic heterocycles. The van der Waals surface area contributed by atoms with Gasteiger partial charge < -0.3 is 4.90 Å². The van der Waals surface area contributed by atoms with Crippen LogP contribution in [-0.2, 0) is 0 Å². The molecule has 1 aromatic carbocycles. The maximum Gasteiger partial charge on any atom is 0.257 e.